The summed E-state index contributed by atoms with van der Waals surface area (Å²) in [6.45, 7) is 4.86. The molecule has 3 saturated heterocycles. The number of aliphatic hydroxyl groups excluding tert-OH is 1. The molecule has 0 spiro atoms. The Morgan fingerprint density at radius 3 is 2.64 bits per heavy atom. The standard InChI is InChI=1S/C19H26FN3O2/c1-2-21-19(22-9-16(24)12-5-3-4-6-15(12)20)23-10-13-14(11-23)18-8-7-17(13)25-18/h3-6,13-14,16-18,24H,2,7-11H2,1H3,(H,21,22). The van der Waals surface area contributed by atoms with Crippen molar-refractivity contribution >= 4 is 5.96 Å². The van der Waals surface area contributed by atoms with Gasteiger partial charge in [0.05, 0.1) is 18.8 Å². The Balaban J connectivity index is 1.44. The van der Waals surface area contributed by atoms with Crippen LogP contribution in [0.3, 0.4) is 0 Å². The van der Waals surface area contributed by atoms with Gasteiger partial charge in [0.25, 0.3) is 0 Å². The van der Waals surface area contributed by atoms with Gasteiger partial charge in [-0.15, -0.1) is 0 Å². The fourth-order valence-electron chi connectivity index (χ4n) is 4.58. The lowest BCUT2D eigenvalue weighted by molar-refractivity contribution is 0.0766. The maximum atomic E-state index is 13.8. The predicted molar refractivity (Wildman–Crippen MR) is 93.8 cm³/mol. The quantitative estimate of drug-likeness (QED) is 0.646. The third kappa shape index (κ3) is 3.13. The zero-order chi connectivity index (χ0) is 17.4. The number of hydrogen-bond acceptors (Lipinski definition) is 3. The predicted octanol–water partition coefficient (Wildman–Crippen LogP) is 1.93. The second-order valence-electron chi connectivity index (χ2n) is 7.25. The molecular formula is C19H26FN3O2. The van der Waals surface area contributed by atoms with E-state index < -0.39 is 6.10 Å². The zero-order valence-electron chi connectivity index (χ0n) is 14.6. The topological polar surface area (TPSA) is 57.1 Å². The Hall–Kier alpha value is -1.66. The summed E-state index contributed by atoms with van der Waals surface area (Å²) in [5, 5.41) is 13.6. The monoisotopic (exact) mass is 347 g/mol. The van der Waals surface area contributed by atoms with E-state index in [0.717, 1.165) is 25.6 Å². The van der Waals surface area contributed by atoms with Crippen molar-refractivity contribution in [1.82, 2.24) is 10.2 Å². The van der Waals surface area contributed by atoms with Gasteiger partial charge in [0.2, 0.25) is 0 Å². The minimum atomic E-state index is -0.934. The lowest BCUT2D eigenvalue weighted by Gasteiger charge is -2.24. The number of halogens is 1. The van der Waals surface area contributed by atoms with Gasteiger partial charge in [-0.1, -0.05) is 18.2 Å². The smallest absolute Gasteiger partial charge is 0.194 e. The first-order valence-electron chi connectivity index (χ1n) is 9.28. The number of guanidine groups is 1. The summed E-state index contributed by atoms with van der Waals surface area (Å²) in [6.07, 6.45) is 2.24. The van der Waals surface area contributed by atoms with Crippen molar-refractivity contribution in [2.75, 3.05) is 26.2 Å². The summed E-state index contributed by atoms with van der Waals surface area (Å²) in [7, 11) is 0. The molecule has 5 nitrogen and oxygen atoms in total. The van der Waals surface area contributed by atoms with Gasteiger partial charge >= 0.3 is 0 Å². The maximum absolute atomic E-state index is 13.8. The van der Waals surface area contributed by atoms with E-state index in [1.807, 2.05) is 6.92 Å². The van der Waals surface area contributed by atoms with Gasteiger partial charge in [-0.2, -0.15) is 0 Å². The molecule has 25 heavy (non-hydrogen) atoms. The minimum Gasteiger partial charge on any atom is -0.386 e. The molecule has 1 aromatic carbocycles. The third-order valence-electron chi connectivity index (χ3n) is 5.77. The van der Waals surface area contributed by atoms with Crippen LogP contribution in [0.5, 0.6) is 0 Å². The Kier molecular flexibility index (Phi) is 4.65. The van der Waals surface area contributed by atoms with Crippen LogP contribution in [0.15, 0.2) is 29.3 Å². The maximum Gasteiger partial charge on any atom is 0.194 e. The normalized spacial score (nSPS) is 32.1. The third-order valence-corrected chi connectivity index (χ3v) is 5.77. The second-order valence-corrected chi connectivity index (χ2v) is 7.25. The van der Waals surface area contributed by atoms with Gasteiger partial charge in [-0.3, -0.25) is 4.99 Å². The largest absolute Gasteiger partial charge is 0.386 e. The van der Waals surface area contributed by atoms with Gasteiger partial charge in [0.1, 0.15) is 11.9 Å². The highest BCUT2D eigenvalue weighted by Gasteiger charge is 2.53. The van der Waals surface area contributed by atoms with Crippen molar-refractivity contribution in [1.29, 1.82) is 0 Å². The van der Waals surface area contributed by atoms with E-state index in [4.69, 9.17) is 4.74 Å². The molecule has 3 fully saturated rings. The molecule has 3 aliphatic heterocycles. The molecule has 0 radical (unpaired) electrons. The molecule has 0 aromatic heterocycles. The van der Waals surface area contributed by atoms with Crippen molar-refractivity contribution in [3.05, 3.63) is 35.6 Å². The Morgan fingerprint density at radius 2 is 2.00 bits per heavy atom. The van der Waals surface area contributed by atoms with Crippen molar-refractivity contribution < 1.29 is 14.2 Å². The molecule has 2 bridgehead atoms. The van der Waals surface area contributed by atoms with Gasteiger partial charge < -0.3 is 20.1 Å². The van der Waals surface area contributed by atoms with E-state index in [1.165, 1.54) is 18.9 Å². The van der Waals surface area contributed by atoms with E-state index in [2.05, 4.69) is 15.2 Å². The summed E-state index contributed by atoms with van der Waals surface area (Å²) >= 11 is 0. The number of rotatable bonds is 4. The Labute approximate surface area is 147 Å². The summed E-state index contributed by atoms with van der Waals surface area (Å²) in [5.74, 6) is 1.62. The lowest BCUT2D eigenvalue weighted by atomic mass is 9.82. The number of nitrogens with one attached hydrogen (secondary N) is 1. The fraction of sp³-hybridized carbons (Fsp3) is 0.632. The van der Waals surface area contributed by atoms with Crippen LogP contribution >= 0.6 is 0 Å². The number of hydrogen-bond donors (Lipinski definition) is 2. The van der Waals surface area contributed by atoms with E-state index in [9.17, 15) is 9.50 Å². The molecule has 5 atom stereocenters. The molecule has 3 aliphatic rings. The summed E-state index contributed by atoms with van der Waals surface area (Å²) in [4.78, 5) is 6.86. The average molecular weight is 347 g/mol. The van der Waals surface area contributed by atoms with Crippen LogP contribution in [-0.2, 0) is 4.74 Å². The van der Waals surface area contributed by atoms with Crippen molar-refractivity contribution in [3.8, 4) is 0 Å². The van der Waals surface area contributed by atoms with Crippen molar-refractivity contribution in [2.45, 2.75) is 38.1 Å². The SMILES string of the molecule is CCNC(=NCC(O)c1ccccc1F)N1CC2C3CCC(O3)C2C1. The number of aliphatic hydroxyl groups is 1. The highest BCUT2D eigenvalue weighted by atomic mass is 19.1. The first kappa shape index (κ1) is 16.8. The van der Waals surface area contributed by atoms with Crippen LogP contribution in [0, 0.1) is 17.7 Å². The summed E-state index contributed by atoms with van der Waals surface area (Å²) < 4.78 is 19.8. The van der Waals surface area contributed by atoms with Crippen LogP contribution in [-0.4, -0.2) is 54.4 Å². The number of aliphatic imine (C=N–C) groups is 1. The van der Waals surface area contributed by atoms with Crippen molar-refractivity contribution in [3.63, 3.8) is 0 Å². The molecule has 2 N–H and O–H groups in total. The molecule has 3 heterocycles. The van der Waals surface area contributed by atoms with Crippen LogP contribution < -0.4 is 5.32 Å². The average Bonchev–Trinajstić information content (AvgIpc) is 3.31. The second kappa shape index (κ2) is 6.92. The van der Waals surface area contributed by atoms with E-state index in [1.54, 1.807) is 18.2 Å². The molecular weight excluding hydrogens is 321 g/mol. The molecule has 136 valence electrons. The number of nitrogens with zero attached hydrogens (tertiary/aromatic N) is 2. The minimum absolute atomic E-state index is 0.151. The van der Waals surface area contributed by atoms with Crippen LogP contribution in [0.25, 0.3) is 0 Å². The number of fused-ring (bicyclic) bond motifs is 5. The highest BCUT2D eigenvalue weighted by molar-refractivity contribution is 5.80. The highest BCUT2D eigenvalue weighted by Crippen LogP contribution is 2.47. The zero-order valence-corrected chi connectivity index (χ0v) is 14.6. The van der Waals surface area contributed by atoms with Gasteiger partial charge in [0.15, 0.2) is 5.96 Å². The van der Waals surface area contributed by atoms with E-state index >= 15 is 0 Å². The molecule has 6 heteroatoms. The van der Waals surface area contributed by atoms with E-state index in [-0.39, 0.29) is 12.4 Å². The number of likely N-dealkylation sites (tertiary alicyclic amines) is 1. The van der Waals surface area contributed by atoms with E-state index in [0.29, 0.717) is 29.6 Å². The molecule has 0 aliphatic carbocycles. The first-order chi connectivity index (χ1) is 12.2. The van der Waals surface area contributed by atoms with Gasteiger partial charge in [0, 0.05) is 37.0 Å². The van der Waals surface area contributed by atoms with Crippen LogP contribution in [0.4, 0.5) is 4.39 Å². The summed E-state index contributed by atoms with van der Waals surface area (Å²) in [6, 6.07) is 6.33. The first-order valence-corrected chi connectivity index (χ1v) is 9.28. The lowest BCUT2D eigenvalue weighted by Crippen LogP contribution is -2.41. The van der Waals surface area contributed by atoms with Crippen LogP contribution in [0.2, 0.25) is 0 Å². The fourth-order valence-corrected chi connectivity index (χ4v) is 4.58. The van der Waals surface area contributed by atoms with Crippen LogP contribution in [0.1, 0.15) is 31.4 Å². The molecule has 5 unspecified atom stereocenters. The Bertz CT molecular complexity index is 635. The molecule has 0 amide bonds. The molecule has 4 rings (SSSR count). The summed E-state index contributed by atoms with van der Waals surface area (Å²) in [5.41, 5.74) is 0.298. The number of benzene rings is 1. The van der Waals surface area contributed by atoms with Crippen molar-refractivity contribution in [2.24, 2.45) is 16.8 Å². The molecule has 0 saturated carbocycles. The molecule has 1 aromatic rings. The Morgan fingerprint density at radius 1 is 1.32 bits per heavy atom. The van der Waals surface area contributed by atoms with Gasteiger partial charge in [-0.25, -0.2) is 4.39 Å². The number of ether oxygens (including phenoxy) is 1. The van der Waals surface area contributed by atoms with Gasteiger partial charge in [-0.05, 0) is 25.8 Å².